The molecule has 0 bridgehead atoms. The molecule has 3 aromatic heterocycles. The average Bonchev–Trinajstić information content (AvgIpc) is 3.61. The van der Waals surface area contributed by atoms with Gasteiger partial charge in [0.25, 0.3) is 11.5 Å². The summed E-state index contributed by atoms with van der Waals surface area (Å²) in [5.74, 6) is -0.0707. The Morgan fingerprint density at radius 2 is 1.93 bits per heavy atom. The second-order valence-corrected chi connectivity index (χ2v) is 16.1. The summed E-state index contributed by atoms with van der Waals surface area (Å²) in [7, 11) is 1.64. The van der Waals surface area contributed by atoms with E-state index in [-0.39, 0.29) is 34.6 Å². The fraction of sp³-hybridized carbons (Fsp3) is 0.439. The third-order valence-corrected chi connectivity index (χ3v) is 11.5. The lowest BCUT2D eigenvalue weighted by Gasteiger charge is -2.47. The van der Waals surface area contributed by atoms with E-state index < -0.39 is 6.61 Å². The summed E-state index contributed by atoms with van der Waals surface area (Å²) in [4.78, 5) is 56.0. The van der Waals surface area contributed by atoms with Crippen LogP contribution >= 0.6 is 0 Å². The van der Waals surface area contributed by atoms with Gasteiger partial charge in [0.2, 0.25) is 5.91 Å². The van der Waals surface area contributed by atoms with Crippen molar-refractivity contribution in [1.29, 1.82) is 0 Å². The Morgan fingerprint density at radius 1 is 1.13 bits per heavy atom. The lowest BCUT2D eigenvalue weighted by molar-refractivity contribution is -0.111. The number of amides is 2. The number of hydrogen-bond donors (Lipinski definition) is 3. The summed E-state index contributed by atoms with van der Waals surface area (Å²) in [6, 6.07) is 8.15. The summed E-state index contributed by atoms with van der Waals surface area (Å²) in [5, 5.41) is 17.0. The van der Waals surface area contributed by atoms with E-state index in [1.54, 1.807) is 30.4 Å². The minimum absolute atomic E-state index is 0.0596. The number of ether oxygens (including phenoxy) is 1. The Morgan fingerprint density at radius 3 is 2.64 bits per heavy atom. The van der Waals surface area contributed by atoms with E-state index in [2.05, 4.69) is 57.3 Å². The van der Waals surface area contributed by atoms with Gasteiger partial charge in [0.15, 0.2) is 5.82 Å². The molecule has 1 aliphatic carbocycles. The molecule has 4 aromatic rings. The van der Waals surface area contributed by atoms with Crippen LogP contribution in [-0.4, -0.2) is 92.4 Å². The van der Waals surface area contributed by atoms with E-state index in [9.17, 15) is 19.5 Å². The molecule has 4 aliphatic rings. The molecular formula is C41H49N9O5. The molecule has 3 aliphatic heterocycles. The number of pyridine rings is 1. The number of fused-ring (bicyclic) bond motifs is 3. The van der Waals surface area contributed by atoms with Crippen molar-refractivity contribution in [3.8, 4) is 11.3 Å². The van der Waals surface area contributed by atoms with E-state index in [1.807, 2.05) is 25.1 Å². The minimum Gasteiger partial charge on any atom is -0.392 e. The van der Waals surface area contributed by atoms with E-state index in [0.717, 1.165) is 56.9 Å². The highest BCUT2D eigenvalue weighted by atomic mass is 16.5. The van der Waals surface area contributed by atoms with Crippen molar-refractivity contribution in [3.05, 3.63) is 87.7 Å². The quantitative estimate of drug-likeness (QED) is 0.215. The zero-order valence-electron chi connectivity index (χ0n) is 32.2. The minimum atomic E-state index is -0.393. The third-order valence-electron chi connectivity index (χ3n) is 11.5. The van der Waals surface area contributed by atoms with Gasteiger partial charge in [-0.3, -0.25) is 24.2 Å². The van der Waals surface area contributed by atoms with Crippen molar-refractivity contribution in [1.82, 2.24) is 24.0 Å². The Bertz CT molecular complexity index is 2270. The van der Waals surface area contributed by atoms with Crippen molar-refractivity contribution in [3.63, 3.8) is 0 Å². The molecule has 8 rings (SSSR count). The first-order valence-corrected chi connectivity index (χ1v) is 19.0. The first-order chi connectivity index (χ1) is 26.3. The van der Waals surface area contributed by atoms with Crippen LogP contribution in [0.25, 0.3) is 11.3 Å². The molecule has 2 saturated heterocycles. The second-order valence-electron chi connectivity index (χ2n) is 16.1. The standard InChI is InChI=1S/C41H49N9O5/c1-7-35(52)44-31-16-27(14-24(2)36(31)48-11-10-47(19-25(48)3)28-22-55-23-28)43-37-40(54)46(6)20-32(45-37)29-8-9-42-38(30(29)21-51)50-13-12-49-33(39(50)53)15-26-17-41(4,5)18-34(26)49/h7-9,14-16,20,25,28,51H,1,10-13,17-19,21-23H2,2-6H3,(H,43,45)(H,44,52). The Hall–Kier alpha value is -5.31. The number of aliphatic hydroxyl groups excluding tert-OH is 1. The molecule has 0 saturated carbocycles. The van der Waals surface area contributed by atoms with Crippen molar-refractivity contribution in [2.24, 2.45) is 12.5 Å². The van der Waals surface area contributed by atoms with E-state index >= 15 is 0 Å². The number of rotatable bonds is 9. The molecule has 1 aromatic carbocycles. The molecule has 288 valence electrons. The number of carbonyl (C=O) groups is 2. The number of piperazine rings is 1. The number of aliphatic hydroxyl groups is 1. The van der Waals surface area contributed by atoms with Gasteiger partial charge in [-0.15, -0.1) is 0 Å². The fourth-order valence-electron chi connectivity index (χ4n) is 8.77. The van der Waals surface area contributed by atoms with Crippen LogP contribution in [0.5, 0.6) is 0 Å². The van der Waals surface area contributed by atoms with E-state index in [4.69, 9.17) is 9.72 Å². The lowest BCUT2D eigenvalue weighted by Crippen LogP contribution is -2.59. The molecule has 1 unspecified atom stereocenters. The van der Waals surface area contributed by atoms with Crippen LogP contribution in [0.4, 0.5) is 28.7 Å². The highest BCUT2D eigenvalue weighted by Gasteiger charge is 2.38. The first-order valence-electron chi connectivity index (χ1n) is 19.0. The SMILES string of the molecule is C=CC(=O)Nc1cc(Nc2nc(-c3ccnc(N4CCn5c(cc6c5CC(C)(C)C6)C4=O)c3CO)cn(C)c2=O)cc(C)c1N1CCN(C2COC2)CC1C. The van der Waals surface area contributed by atoms with Gasteiger partial charge in [0, 0.05) is 80.7 Å². The van der Waals surface area contributed by atoms with Crippen molar-refractivity contribution in [2.45, 2.75) is 65.8 Å². The highest BCUT2D eigenvalue weighted by molar-refractivity contribution is 6.06. The maximum atomic E-state index is 14.0. The Labute approximate surface area is 320 Å². The largest absolute Gasteiger partial charge is 0.392 e. The van der Waals surface area contributed by atoms with Gasteiger partial charge < -0.3 is 34.5 Å². The summed E-state index contributed by atoms with van der Waals surface area (Å²) in [5.41, 5.74) is 7.31. The van der Waals surface area contributed by atoms with Crippen LogP contribution in [0, 0.1) is 12.3 Å². The van der Waals surface area contributed by atoms with Gasteiger partial charge in [-0.05, 0) is 73.6 Å². The Kier molecular flexibility index (Phi) is 9.38. The summed E-state index contributed by atoms with van der Waals surface area (Å²) in [6.07, 6.45) is 6.32. The average molecular weight is 748 g/mol. The fourth-order valence-corrected chi connectivity index (χ4v) is 8.77. The van der Waals surface area contributed by atoms with E-state index in [1.165, 1.54) is 21.9 Å². The number of hydrogen-bond acceptors (Lipinski definition) is 10. The number of nitrogens with zero attached hydrogens (tertiary/aromatic N) is 7. The monoisotopic (exact) mass is 747 g/mol. The first kappa shape index (κ1) is 36.7. The summed E-state index contributed by atoms with van der Waals surface area (Å²) < 4.78 is 9.01. The number of carbonyl (C=O) groups excluding carboxylic acids is 2. The molecule has 14 nitrogen and oxygen atoms in total. The molecule has 0 radical (unpaired) electrons. The Balaban J connectivity index is 1.10. The van der Waals surface area contributed by atoms with Crippen LogP contribution in [-0.2, 0) is 42.6 Å². The van der Waals surface area contributed by atoms with Crippen LogP contribution < -0.4 is 26.0 Å². The van der Waals surface area contributed by atoms with Crippen molar-refractivity contribution >= 4 is 40.5 Å². The molecule has 2 fully saturated rings. The van der Waals surface area contributed by atoms with Gasteiger partial charge in [0.1, 0.15) is 11.5 Å². The number of anilines is 5. The number of benzene rings is 1. The molecular weight excluding hydrogens is 699 g/mol. The highest BCUT2D eigenvalue weighted by Crippen LogP contribution is 2.41. The van der Waals surface area contributed by atoms with Gasteiger partial charge in [-0.2, -0.15) is 0 Å². The van der Waals surface area contributed by atoms with Gasteiger partial charge in [-0.1, -0.05) is 20.4 Å². The molecule has 55 heavy (non-hydrogen) atoms. The maximum Gasteiger partial charge on any atom is 0.293 e. The normalized spacial score (nSPS) is 19.5. The van der Waals surface area contributed by atoms with Gasteiger partial charge >= 0.3 is 0 Å². The van der Waals surface area contributed by atoms with Crippen LogP contribution in [0.1, 0.15) is 53.6 Å². The topological polar surface area (TPSA) is 150 Å². The number of aromatic nitrogens is 4. The van der Waals surface area contributed by atoms with Crippen LogP contribution in [0.3, 0.4) is 0 Å². The molecule has 14 heteroatoms. The molecule has 6 heterocycles. The van der Waals surface area contributed by atoms with Crippen LogP contribution in [0.15, 0.2) is 54.1 Å². The number of aryl methyl sites for hydroxylation is 2. The summed E-state index contributed by atoms with van der Waals surface area (Å²) >= 11 is 0. The molecule has 3 N–H and O–H groups in total. The van der Waals surface area contributed by atoms with Crippen molar-refractivity contribution < 1.29 is 19.4 Å². The predicted molar refractivity (Wildman–Crippen MR) is 212 cm³/mol. The van der Waals surface area contributed by atoms with Gasteiger partial charge in [-0.25, -0.2) is 9.97 Å². The van der Waals surface area contributed by atoms with Crippen molar-refractivity contribution in [2.75, 3.05) is 59.8 Å². The van der Waals surface area contributed by atoms with Crippen LogP contribution in [0.2, 0.25) is 0 Å². The smallest absolute Gasteiger partial charge is 0.293 e. The number of nitrogens with one attached hydrogen (secondary N) is 2. The van der Waals surface area contributed by atoms with E-state index in [0.29, 0.717) is 58.8 Å². The summed E-state index contributed by atoms with van der Waals surface area (Å²) in [6.45, 7) is 17.0. The zero-order valence-corrected chi connectivity index (χ0v) is 32.2. The third kappa shape index (κ3) is 6.61. The molecule has 2 amide bonds. The lowest BCUT2D eigenvalue weighted by atomic mass is 9.90. The predicted octanol–water partition coefficient (Wildman–Crippen LogP) is 4.01. The maximum absolute atomic E-state index is 14.0. The molecule has 0 spiro atoms. The molecule has 1 atom stereocenters. The second kappa shape index (κ2) is 14.1. The zero-order chi connectivity index (χ0) is 38.8. The van der Waals surface area contributed by atoms with Gasteiger partial charge in [0.05, 0.1) is 42.9 Å².